The van der Waals surface area contributed by atoms with Crippen LogP contribution in [0.2, 0.25) is 0 Å². The maximum absolute atomic E-state index is 12.6. The van der Waals surface area contributed by atoms with Gasteiger partial charge in [-0.05, 0) is 25.5 Å². The number of carbonyl (C=O) groups is 2. The van der Waals surface area contributed by atoms with Gasteiger partial charge in [-0.15, -0.1) is 12.3 Å². The van der Waals surface area contributed by atoms with Crippen molar-refractivity contribution in [2.45, 2.75) is 40.3 Å². The van der Waals surface area contributed by atoms with Crippen LogP contribution in [-0.4, -0.2) is 37.3 Å². The van der Waals surface area contributed by atoms with Crippen LogP contribution in [0.25, 0.3) is 5.76 Å². The third kappa shape index (κ3) is 8.57. The van der Waals surface area contributed by atoms with Crippen molar-refractivity contribution in [3.63, 3.8) is 0 Å². The highest BCUT2D eigenvalue weighted by Crippen LogP contribution is 2.34. The molecule has 2 aromatic rings. The van der Waals surface area contributed by atoms with Crippen molar-refractivity contribution in [2.75, 3.05) is 13.7 Å². The van der Waals surface area contributed by atoms with Crippen LogP contribution in [0.3, 0.4) is 0 Å². The van der Waals surface area contributed by atoms with E-state index in [4.69, 9.17) is 20.4 Å². The van der Waals surface area contributed by atoms with Crippen LogP contribution in [0.4, 0.5) is 0 Å². The predicted molar refractivity (Wildman–Crippen MR) is 127 cm³/mol. The van der Waals surface area contributed by atoms with Gasteiger partial charge in [0, 0.05) is 24.7 Å². The maximum Gasteiger partial charge on any atom is 0.292 e. The van der Waals surface area contributed by atoms with Crippen molar-refractivity contribution in [1.29, 1.82) is 0 Å². The predicted octanol–water partition coefficient (Wildman–Crippen LogP) is 3.94. The van der Waals surface area contributed by atoms with Gasteiger partial charge >= 0.3 is 0 Å². The van der Waals surface area contributed by atoms with E-state index in [2.05, 4.69) is 21.1 Å². The Bertz CT molecular complexity index is 958. The number of methoxy groups -OCH3 is 1. The molecule has 0 fully saturated rings. The zero-order chi connectivity index (χ0) is 24.5. The van der Waals surface area contributed by atoms with Gasteiger partial charge in [0.15, 0.2) is 17.2 Å². The highest BCUT2D eigenvalue weighted by Gasteiger charge is 2.33. The summed E-state index contributed by atoms with van der Waals surface area (Å²) in [5.74, 6) is 3.18. The summed E-state index contributed by atoms with van der Waals surface area (Å²) in [6.07, 6.45) is 8.88. The normalized spacial score (nSPS) is 11.8. The Morgan fingerprint density at radius 3 is 2.52 bits per heavy atom. The summed E-state index contributed by atoms with van der Waals surface area (Å²) in [5, 5.41) is 8.78. The summed E-state index contributed by atoms with van der Waals surface area (Å²) in [7, 11) is 1.31. The molecule has 0 bridgehead atoms. The van der Waals surface area contributed by atoms with E-state index in [1.807, 2.05) is 57.2 Å². The van der Waals surface area contributed by atoms with Gasteiger partial charge < -0.3 is 19.2 Å². The molecule has 1 amide bonds. The van der Waals surface area contributed by atoms with Crippen LogP contribution in [0, 0.1) is 12.3 Å². The molecule has 0 atom stereocenters. The van der Waals surface area contributed by atoms with Crippen LogP contribution in [0.15, 0.2) is 57.9 Å². The summed E-state index contributed by atoms with van der Waals surface area (Å²) in [4.78, 5) is 21.6. The van der Waals surface area contributed by atoms with Gasteiger partial charge in [0.2, 0.25) is 0 Å². The molecule has 0 saturated heterocycles. The second-order valence-corrected chi connectivity index (χ2v) is 6.41. The Balaban J connectivity index is 0.000000591. The molecule has 176 valence electrons. The van der Waals surface area contributed by atoms with Crippen molar-refractivity contribution in [3.8, 4) is 12.3 Å². The van der Waals surface area contributed by atoms with Crippen LogP contribution in [-0.2, 0) is 32.2 Å². The first kappa shape index (κ1) is 27.0. The first-order valence-electron chi connectivity index (χ1n) is 10.5. The molecule has 8 nitrogen and oxygen atoms in total. The Labute approximate surface area is 195 Å². The molecular weight excluding hydrogens is 422 g/mol. The van der Waals surface area contributed by atoms with Crippen molar-refractivity contribution < 1.29 is 23.5 Å². The minimum atomic E-state index is -0.238. The second-order valence-electron chi connectivity index (χ2n) is 6.41. The Kier molecular flexibility index (Phi) is 12.9. The quantitative estimate of drug-likeness (QED) is 0.388. The lowest BCUT2D eigenvalue weighted by molar-refractivity contribution is -0.126. The number of hydrogen-bond donors (Lipinski definition) is 1. The lowest BCUT2D eigenvalue weighted by atomic mass is 10.1. The van der Waals surface area contributed by atoms with E-state index in [-0.39, 0.29) is 5.91 Å². The summed E-state index contributed by atoms with van der Waals surface area (Å²) in [6.45, 7) is 7.31. The molecule has 1 aromatic carbocycles. The zero-order valence-corrected chi connectivity index (χ0v) is 19.5. The lowest BCUT2D eigenvalue weighted by Gasteiger charge is -2.28. The number of ether oxygens (including phenoxy) is 2. The van der Waals surface area contributed by atoms with Gasteiger partial charge in [-0.3, -0.25) is 14.6 Å². The largest absolute Gasteiger partial charge is 0.483 e. The third-order valence-electron chi connectivity index (χ3n) is 4.08. The highest BCUT2D eigenvalue weighted by atomic mass is 16.5. The van der Waals surface area contributed by atoms with Gasteiger partial charge in [0.25, 0.3) is 12.4 Å². The lowest BCUT2D eigenvalue weighted by Crippen LogP contribution is -2.35. The number of nitrogens with one attached hydrogen (secondary N) is 1. The van der Waals surface area contributed by atoms with Crippen molar-refractivity contribution in [2.24, 2.45) is 5.10 Å². The number of benzene rings is 1. The molecule has 0 unspecified atom stereocenters. The van der Waals surface area contributed by atoms with Gasteiger partial charge in [-0.2, -0.15) is 5.10 Å². The molecule has 33 heavy (non-hydrogen) atoms. The summed E-state index contributed by atoms with van der Waals surface area (Å²) in [5.41, 5.74) is 2.30. The van der Waals surface area contributed by atoms with E-state index in [0.717, 1.165) is 17.5 Å². The topological polar surface area (TPSA) is 93.4 Å². The number of rotatable bonds is 7. The van der Waals surface area contributed by atoms with Crippen LogP contribution >= 0.6 is 0 Å². The molecule has 8 heteroatoms. The Hall–Kier alpha value is -3.99. The molecule has 0 radical (unpaired) electrons. The maximum atomic E-state index is 12.6. The Morgan fingerprint density at radius 1 is 1.30 bits per heavy atom. The molecule has 0 saturated carbocycles. The van der Waals surface area contributed by atoms with Gasteiger partial charge in [0.05, 0.1) is 19.9 Å². The SMILES string of the molecule is C#CCC.C/C=N\N1Cc2ccoc2C(OCc2ccccc2)=C1C(=O)NCC.COC=O. The summed E-state index contributed by atoms with van der Waals surface area (Å²) < 4.78 is 15.5. The van der Waals surface area contributed by atoms with Crippen molar-refractivity contribution >= 4 is 24.4 Å². The average molecular weight is 454 g/mol. The van der Waals surface area contributed by atoms with Crippen LogP contribution in [0.5, 0.6) is 0 Å². The number of terminal acetylenes is 1. The Morgan fingerprint density at radius 2 is 1.97 bits per heavy atom. The highest BCUT2D eigenvalue weighted by molar-refractivity contribution is 5.99. The molecule has 2 heterocycles. The van der Waals surface area contributed by atoms with Gasteiger partial charge in [-0.25, -0.2) is 0 Å². The third-order valence-corrected chi connectivity index (χ3v) is 4.08. The number of hydrazone groups is 1. The number of hydrogen-bond acceptors (Lipinski definition) is 7. The number of carbonyl (C=O) groups excluding carboxylic acids is 2. The second kappa shape index (κ2) is 15.8. The fraction of sp³-hybridized carbons (Fsp3) is 0.320. The standard InChI is InChI=1S/C19H21N3O3.C4H6.C2H4O2/c1-3-20-19(23)16-18(25-13-14-8-6-5-7-9-14)17-15(10-11-24-17)12-22(16)21-4-2;1-3-4-2;1-4-2-3/h4-11H,3,12-13H2,1-2H3,(H,20,23);1H,4H2,2H3;2H,1H3/b21-4-;;. The number of fused-ring (bicyclic) bond motifs is 1. The molecule has 0 spiro atoms. The molecule has 1 aliphatic rings. The molecule has 1 N–H and O–H groups in total. The fourth-order valence-corrected chi connectivity index (χ4v) is 2.69. The number of likely N-dealkylation sites (N-methyl/N-ethyl adjacent to an activating group) is 1. The summed E-state index contributed by atoms with van der Waals surface area (Å²) in [6, 6.07) is 11.7. The molecule has 3 rings (SSSR count). The minimum absolute atomic E-state index is 0.238. The van der Waals surface area contributed by atoms with E-state index in [0.29, 0.717) is 43.4 Å². The average Bonchev–Trinajstić information content (AvgIpc) is 3.32. The zero-order valence-electron chi connectivity index (χ0n) is 19.5. The van der Waals surface area contributed by atoms with Gasteiger partial charge in [-0.1, -0.05) is 37.3 Å². The molecule has 1 aliphatic heterocycles. The first-order valence-corrected chi connectivity index (χ1v) is 10.5. The fourth-order valence-electron chi connectivity index (χ4n) is 2.69. The van der Waals surface area contributed by atoms with Crippen LogP contribution in [0.1, 0.15) is 44.1 Å². The van der Waals surface area contributed by atoms with Gasteiger partial charge in [0.1, 0.15) is 6.61 Å². The smallest absolute Gasteiger partial charge is 0.292 e. The molecular formula is C25H31N3O5. The first-order chi connectivity index (χ1) is 16.1. The van der Waals surface area contributed by atoms with Crippen LogP contribution < -0.4 is 5.32 Å². The van der Waals surface area contributed by atoms with Crippen molar-refractivity contribution in [3.05, 3.63) is 65.2 Å². The van der Waals surface area contributed by atoms with E-state index < -0.39 is 0 Å². The van der Waals surface area contributed by atoms with E-state index in [1.165, 1.54) is 7.11 Å². The van der Waals surface area contributed by atoms with E-state index in [9.17, 15) is 4.79 Å². The number of amides is 1. The van der Waals surface area contributed by atoms with E-state index in [1.54, 1.807) is 17.5 Å². The number of furan rings is 1. The van der Waals surface area contributed by atoms with E-state index >= 15 is 0 Å². The number of nitrogens with zero attached hydrogens (tertiary/aromatic N) is 2. The monoisotopic (exact) mass is 453 g/mol. The summed E-state index contributed by atoms with van der Waals surface area (Å²) >= 11 is 0. The molecule has 0 aliphatic carbocycles. The minimum Gasteiger partial charge on any atom is -0.483 e. The van der Waals surface area contributed by atoms with Crippen molar-refractivity contribution in [1.82, 2.24) is 10.3 Å². The molecule has 1 aromatic heterocycles.